The van der Waals surface area contributed by atoms with Crippen LogP contribution in [0.25, 0.3) is 0 Å². The number of benzene rings is 1. The van der Waals surface area contributed by atoms with Gasteiger partial charge in [0.2, 0.25) is 11.8 Å². The smallest absolute Gasteiger partial charge is 0.226 e. The first kappa shape index (κ1) is 14.8. The van der Waals surface area contributed by atoms with Crippen molar-refractivity contribution in [2.45, 2.75) is 18.9 Å². The number of hydrogen-bond acceptors (Lipinski definition) is 5. The Morgan fingerprint density at radius 2 is 1.95 bits per heavy atom. The predicted octanol–water partition coefficient (Wildman–Crippen LogP) is 2.73. The average molecular weight is 298 g/mol. The summed E-state index contributed by atoms with van der Waals surface area (Å²) < 4.78 is 5.17. The van der Waals surface area contributed by atoms with E-state index in [0.29, 0.717) is 11.8 Å². The summed E-state index contributed by atoms with van der Waals surface area (Å²) in [5.41, 5.74) is 1.25. The number of nitrogens with zero attached hydrogens (tertiary/aromatic N) is 3. The van der Waals surface area contributed by atoms with Crippen LogP contribution in [0.15, 0.2) is 42.6 Å². The molecule has 2 heterocycles. The Morgan fingerprint density at radius 1 is 1.18 bits per heavy atom. The van der Waals surface area contributed by atoms with Gasteiger partial charge in [-0.1, -0.05) is 30.3 Å². The van der Waals surface area contributed by atoms with Crippen LogP contribution in [0.4, 0.5) is 5.95 Å². The third kappa shape index (κ3) is 3.74. The van der Waals surface area contributed by atoms with Crippen molar-refractivity contribution in [1.82, 2.24) is 14.9 Å². The second-order valence-electron chi connectivity index (χ2n) is 5.54. The normalized spacial score (nSPS) is 16.4. The fourth-order valence-electron chi connectivity index (χ4n) is 2.82. The Bertz CT molecular complexity index is 584. The Kier molecular flexibility index (Phi) is 4.85. The van der Waals surface area contributed by atoms with Gasteiger partial charge in [-0.3, -0.25) is 0 Å². The summed E-state index contributed by atoms with van der Waals surface area (Å²) >= 11 is 0. The van der Waals surface area contributed by atoms with Gasteiger partial charge in [-0.15, -0.1) is 0 Å². The summed E-state index contributed by atoms with van der Waals surface area (Å²) in [5, 5.41) is 3.45. The lowest BCUT2D eigenvalue weighted by molar-refractivity contribution is 0.323. The maximum Gasteiger partial charge on any atom is 0.226 e. The molecule has 1 fully saturated rings. The van der Waals surface area contributed by atoms with Crippen LogP contribution >= 0.6 is 0 Å². The second kappa shape index (κ2) is 7.22. The SMILES string of the molecule is COc1ccnc(NC(CN2CCCC2)c2ccccc2)n1. The lowest BCUT2D eigenvalue weighted by Gasteiger charge is -2.25. The number of likely N-dealkylation sites (tertiary alicyclic amines) is 1. The Labute approximate surface area is 131 Å². The molecule has 1 aliphatic rings. The summed E-state index contributed by atoms with van der Waals surface area (Å²) in [7, 11) is 1.62. The molecule has 0 saturated carbocycles. The van der Waals surface area contributed by atoms with Crippen LogP contribution in [0.3, 0.4) is 0 Å². The zero-order valence-electron chi connectivity index (χ0n) is 12.9. The molecule has 5 nitrogen and oxygen atoms in total. The molecule has 1 aromatic carbocycles. The molecular formula is C17H22N4O. The van der Waals surface area contributed by atoms with Crippen LogP contribution in [-0.4, -0.2) is 41.6 Å². The summed E-state index contributed by atoms with van der Waals surface area (Å²) in [6.45, 7) is 3.30. The van der Waals surface area contributed by atoms with E-state index in [-0.39, 0.29) is 6.04 Å². The highest BCUT2D eigenvalue weighted by Crippen LogP contribution is 2.21. The Balaban J connectivity index is 1.77. The lowest BCUT2D eigenvalue weighted by Crippen LogP contribution is -2.29. The Morgan fingerprint density at radius 3 is 2.68 bits per heavy atom. The first-order valence-electron chi connectivity index (χ1n) is 7.76. The molecule has 0 aliphatic carbocycles. The number of rotatable bonds is 6. The quantitative estimate of drug-likeness (QED) is 0.888. The molecule has 1 unspecified atom stereocenters. The number of ether oxygens (including phenoxy) is 1. The van der Waals surface area contributed by atoms with Gasteiger partial charge in [0, 0.05) is 18.8 Å². The molecule has 1 aromatic heterocycles. The van der Waals surface area contributed by atoms with Crippen molar-refractivity contribution >= 4 is 5.95 Å². The van der Waals surface area contributed by atoms with E-state index >= 15 is 0 Å². The fraction of sp³-hybridized carbons (Fsp3) is 0.412. The van der Waals surface area contributed by atoms with Crippen LogP contribution in [0.5, 0.6) is 5.88 Å². The molecule has 3 rings (SSSR count). The van der Waals surface area contributed by atoms with E-state index in [4.69, 9.17) is 4.74 Å². The predicted molar refractivity (Wildman–Crippen MR) is 87.1 cm³/mol. The monoisotopic (exact) mass is 298 g/mol. The van der Waals surface area contributed by atoms with Gasteiger partial charge in [0.25, 0.3) is 0 Å². The van der Waals surface area contributed by atoms with Gasteiger partial charge in [-0.05, 0) is 31.5 Å². The van der Waals surface area contributed by atoms with E-state index in [1.165, 1.54) is 31.5 Å². The fourth-order valence-corrected chi connectivity index (χ4v) is 2.82. The molecule has 0 amide bonds. The molecule has 2 aromatic rings. The van der Waals surface area contributed by atoms with Crippen molar-refractivity contribution in [3.63, 3.8) is 0 Å². The van der Waals surface area contributed by atoms with E-state index in [9.17, 15) is 0 Å². The van der Waals surface area contributed by atoms with Crippen molar-refractivity contribution in [2.24, 2.45) is 0 Å². The van der Waals surface area contributed by atoms with Gasteiger partial charge >= 0.3 is 0 Å². The van der Waals surface area contributed by atoms with Crippen LogP contribution < -0.4 is 10.1 Å². The summed E-state index contributed by atoms with van der Waals surface area (Å²) in [6.07, 6.45) is 4.29. The van der Waals surface area contributed by atoms with E-state index in [1.54, 1.807) is 19.4 Å². The zero-order valence-corrected chi connectivity index (χ0v) is 12.9. The summed E-state index contributed by atoms with van der Waals surface area (Å²) in [6, 6.07) is 12.4. The number of hydrogen-bond donors (Lipinski definition) is 1. The summed E-state index contributed by atoms with van der Waals surface area (Å²) in [5.74, 6) is 1.18. The van der Waals surface area contributed by atoms with E-state index < -0.39 is 0 Å². The third-order valence-electron chi connectivity index (χ3n) is 3.98. The highest BCUT2D eigenvalue weighted by Gasteiger charge is 2.19. The standard InChI is InChI=1S/C17H22N4O/c1-22-16-9-10-18-17(20-16)19-15(13-21-11-5-6-12-21)14-7-3-2-4-8-14/h2-4,7-10,15H,5-6,11-13H2,1H3,(H,18,19,20). The van der Waals surface area contributed by atoms with Crippen molar-refractivity contribution in [3.8, 4) is 5.88 Å². The minimum absolute atomic E-state index is 0.173. The average Bonchev–Trinajstić information content (AvgIpc) is 3.08. The molecule has 0 radical (unpaired) electrons. The molecule has 0 spiro atoms. The molecular weight excluding hydrogens is 276 g/mol. The van der Waals surface area contributed by atoms with Crippen molar-refractivity contribution in [3.05, 3.63) is 48.2 Å². The maximum atomic E-state index is 5.17. The molecule has 1 N–H and O–H groups in total. The van der Waals surface area contributed by atoms with E-state index in [0.717, 1.165) is 6.54 Å². The zero-order chi connectivity index (χ0) is 15.2. The van der Waals surface area contributed by atoms with Crippen molar-refractivity contribution in [2.75, 3.05) is 32.1 Å². The van der Waals surface area contributed by atoms with Gasteiger partial charge in [0.15, 0.2) is 0 Å². The molecule has 0 bridgehead atoms. The first-order valence-corrected chi connectivity index (χ1v) is 7.76. The maximum absolute atomic E-state index is 5.17. The van der Waals surface area contributed by atoms with Gasteiger partial charge in [0.1, 0.15) is 0 Å². The second-order valence-corrected chi connectivity index (χ2v) is 5.54. The third-order valence-corrected chi connectivity index (χ3v) is 3.98. The summed E-state index contributed by atoms with van der Waals surface area (Å²) in [4.78, 5) is 11.2. The number of aromatic nitrogens is 2. The van der Waals surface area contributed by atoms with Crippen molar-refractivity contribution in [1.29, 1.82) is 0 Å². The molecule has 22 heavy (non-hydrogen) atoms. The minimum Gasteiger partial charge on any atom is -0.481 e. The molecule has 1 saturated heterocycles. The van der Waals surface area contributed by atoms with Gasteiger partial charge in [-0.25, -0.2) is 4.98 Å². The molecule has 1 aliphatic heterocycles. The van der Waals surface area contributed by atoms with Gasteiger partial charge in [0.05, 0.1) is 13.2 Å². The van der Waals surface area contributed by atoms with Crippen LogP contribution in [-0.2, 0) is 0 Å². The largest absolute Gasteiger partial charge is 0.481 e. The lowest BCUT2D eigenvalue weighted by atomic mass is 10.1. The molecule has 5 heteroatoms. The van der Waals surface area contributed by atoms with Crippen LogP contribution in [0.1, 0.15) is 24.4 Å². The van der Waals surface area contributed by atoms with Crippen LogP contribution in [0, 0.1) is 0 Å². The van der Waals surface area contributed by atoms with E-state index in [1.807, 2.05) is 6.07 Å². The minimum atomic E-state index is 0.173. The van der Waals surface area contributed by atoms with Crippen LogP contribution in [0.2, 0.25) is 0 Å². The molecule has 1 atom stereocenters. The Hall–Kier alpha value is -2.14. The van der Waals surface area contributed by atoms with Gasteiger partial charge < -0.3 is 15.0 Å². The highest BCUT2D eigenvalue weighted by molar-refractivity contribution is 5.34. The number of anilines is 1. The topological polar surface area (TPSA) is 50.3 Å². The van der Waals surface area contributed by atoms with Gasteiger partial charge in [-0.2, -0.15) is 4.98 Å². The van der Waals surface area contributed by atoms with Crippen molar-refractivity contribution < 1.29 is 4.74 Å². The highest BCUT2D eigenvalue weighted by atomic mass is 16.5. The number of methoxy groups -OCH3 is 1. The molecule has 116 valence electrons. The van der Waals surface area contributed by atoms with E-state index in [2.05, 4.69) is 44.5 Å². The first-order chi connectivity index (χ1) is 10.8. The number of nitrogens with one attached hydrogen (secondary N) is 1.